The fraction of sp³-hybridized carbons (Fsp3) is 0.0526. The molecule has 0 bridgehead atoms. The summed E-state index contributed by atoms with van der Waals surface area (Å²) in [5.41, 5.74) is 6.63. The van der Waals surface area contributed by atoms with Gasteiger partial charge in [0.15, 0.2) is 11.6 Å². The SMILES string of the molecule is N#Cc1ccccc1-c1ccc(-c2c(-c3nc(-c4ccccc4)nc(C4C=CC=CC4)n3)ccc3ccccc23)cc1. The molecule has 0 spiro atoms. The average Bonchev–Trinajstić information content (AvgIpc) is 3.08. The van der Waals surface area contributed by atoms with Gasteiger partial charge in [0, 0.05) is 22.6 Å². The molecular formula is C38H26N4. The lowest BCUT2D eigenvalue weighted by molar-refractivity contribution is 0.764. The van der Waals surface area contributed by atoms with Crippen molar-refractivity contribution < 1.29 is 0 Å². The Bertz CT molecular complexity index is 2020. The Labute approximate surface area is 245 Å². The highest BCUT2D eigenvalue weighted by Crippen LogP contribution is 2.39. The number of nitriles is 1. The molecule has 7 rings (SSSR count). The molecule has 0 aliphatic heterocycles. The van der Waals surface area contributed by atoms with Crippen molar-refractivity contribution in [3.05, 3.63) is 151 Å². The van der Waals surface area contributed by atoms with Crippen molar-refractivity contribution in [1.82, 2.24) is 15.0 Å². The van der Waals surface area contributed by atoms with Crippen molar-refractivity contribution in [2.45, 2.75) is 12.3 Å². The number of rotatable bonds is 5. The summed E-state index contributed by atoms with van der Waals surface area (Å²) in [5.74, 6) is 2.17. The van der Waals surface area contributed by atoms with Crippen LogP contribution in [0.4, 0.5) is 0 Å². The summed E-state index contributed by atoms with van der Waals surface area (Å²) in [6.07, 6.45) is 9.30. The number of hydrogen-bond donors (Lipinski definition) is 0. The van der Waals surface area contributed by atoms with E-state index >= 15 is 0 Å². The molecule has 4 nitrogen and oxygen atoms in total. The molecule has 0 N–H and O–H groups in total. The number of allylic oxidation sites excluding steroid dienone is 4. The Morgan fingerprint density at radius 2 is 1.33 bits per heavy atom. The topological polar surface area (TPSA) is 62.5 Å². The van der Waals surface area contributed by atoms with E-state index in [2.05, 4.69) is 91.0 Å². The van der Waals surface area contributed by atoms with E-state index in [1.165, 1.54) is 0 Å². The third-order valence-electron chi connectivity index (χ3n) is 7.70. The average molecular weight is 539 g/mol. The van der Waals surface area contributed by atoms with Gasteiger partial charge in [0.1, 0.15) is 5.82 Å². The molecule has 0 amide bonds. The highest BCUT2D eigenvalue weighted by Gasteiger charge is 2.20. The van der Waals surface area contributed by atoms with Crippen LogP contribution in [0.15, 0.2) is 140 Å². The van der Waals surface area contributed by atoms with Gasteiger partial charge in [-0.25, -0.2) is 15.0 Å². The van der Waals surface area contributed by atoms with Crippen LogP contribution in [0.5, 0.6) is 0 Å². The van der Waals surface area contributed by atoms with Crippen molar-refractivity contribution in [2.24, 2.45) is 0 Å². The molecule has 0 saturated heterocycles. The Morgan fingerprint density at radius 1 is 0.595 bits per heavy atom. The molecule has 42 heavy (non-hydrogen) atoms. The molecule has 1 unspecified atom stereocenters. The van der Waals surface area contributed by atoms with Crippen LogP contribution < -0.4 is 0 Å². The largest absolute Gasteiger partial charge is 0.212 e. The molecule has 1 aliphatic carbocycles. The molecule has 1 atom stereocenters. The second kappa shape index (κ2) is 11.1. The first-order valence-electron chi connectivity index (χ1n) is 14.1. The zero-order valence-corrected chi connectivity index (χ0v) is 22.9. The van der Waals surface area contributed by atoms with E-state index < -0.39 is 0 Å². The van der Waals surface area contributed by atoms with Gasteiger partial charge in [0.2, 0.25) is 0 Å². The molecule has 0 radical (unpaired) electrons. The highest BCUT2D eigenvalue weighted by atomic mass is 15.0. The predicted octanol–water partition coefficient (Wildman–Crippen LogP) is 9.16. The molecule has 4 heteroatoms. The van der Waals surface area contributed by atoms with Gasteiger partial charge in [0.05, 0.1) is 11.6 Å². The van der Waals surface area contributed by atoms with Crippen molar-refractivity contribution in [3.8, 4) is 51.1 Å². The first-order valence-corrected chi connectivity index (χ1v) is 14.1. The summed E-state index contributed by atoms with van der Waals surface area (Å²) in [5, 5.41) is 11.9. The van der Waals surface area contributed by atoms with Crippen LogP contribution in [0.1, 0.15) is 23.7 Å². The first kappa shape index (κ1) is 25.3. The lowest BCUT2D eigenvalue weighted by Gasteiger charge is -2.17. The van der Waals surface area contributed by atoms with Gasteiger partial charge in [-0.1, -0.05) is 127 Å². The Kier molecular flexibility index (Phi) is 6.68. The molecular weight excluding hydrogens is 512 g/mol. The predicted molar refractivity (Wildman–Crippen MR) is 169 cm³/mol. The summed E-state index contributed by atoms with van der Waals surface area (Å²) in [7, 11) is 0. The second-order valence-corrected chi connectivity index (χ2v) is 10.3. The molecule has 6 aromatic rings. The smallest absolute Gasteiger partial charge is 0.164 e. The van der Waals surface area contributed by atoms with E-state index in [1.54, 1.807) is 0 Å². The first-order chi connectivity index (χ1) is 20.8. The van der Waals surface area contributed by atoms with E-state index in [-0.39, 0.29) is 5.92 Å². The number of nitrogens with zero attached hydrogens (tertiary/aromatic N) is 4. The van der Waals surface area contributed by atoms with Crippen LogP contribution in [0, 0.1) is 11.3 Å². The van der Waals surface area contributed by atoms with Crippen LogP contribution >= 0.6 is 0 Å². The van der Waals surface area contributed by atoms with Gasteiger partial charge in [0.25, 0.3) is 0 Å². The van der Waals surface area contributed by atoms with Gasteiger partial charge in [-0.05, 0) is 46.0 Å². The zero-order chi connectivity index (χ0) is 28.3. The molecule has 1 aromatic heterocycles. The van der Waals surface area contributed by atoms with Crippen LogP contribution in [0.3, 0.4) is 0 Å². The Morgan fingerprint density at radius 3 is 2.14 bits per heavy atom. The van der Waals surface area contributed by atoms with Gasteiger partial charge in [-0.3, -0.25) is 0 Å². The third-order valence-corrected chi connectivity index (χ3v) is 7.70. The zero-order valence-electron chi connectivity index (χ0n) is 22.9. The highest BCUT2D eigenvalue weighted by molar-refractivity contribution is 6.03. The van der Waals surface area contributed by atoms with Crippen molar-refractivity contribution in [1.29, 1.82) is 5.26 Å². The van der Waals surface area contributed by atoms with Crippen LogP contribution in [-0.4, -0.2) is 15.0 Å². The minimum absolute atomic E-state index is 0.0857. The maximum absolute atomic E-state index is 9.64. The monoisotopic (exact) mass is 538 g/mol. The minimum Gasteiger partial charge on any atom is -0.212 e. The summed E-state index contributed by atoms with van der Waals surface area (Å²) in [6.45, 7) is 0. The third kappa shape index (κ3) is 4.78. The molecule has 0 saturated carbocycles. The molecule has 1 heterocycles. The normalized spacial score (nSPS) is 14.1. The maximum Gasteiger partial charge on any atom is 0.164 e. The van der Waals surface area contributed by atoms with E-state index in [0.717, 1.165) is 56.4 Å². The Balaban J connectivity index is 1.43. The quantitative estimate of drug-likeness (QED) is 0.219. The van der Waals surface area contributed by atoms with Crippen LogP contribution in [0.2, 0.25) is 0 Å². The van der Waals surface area contributed by atoms with Crippen molar-refractivity contribution in [2.75, 3.05) is 0 Å². The van der Waals surface area contributed by atoms with Gasteiger partial charge in [-0.2, -0.15) is 5.26 Å². The number of aromatic nitrogens is 3. The van der Waals surface area contributed by atoms with Crippen LogP contribution in [-0.2, 0) is 0 Å². The maximum atomic E-state index is 9.64. The van der Waals surface area contributed by atoms with Gasteiger partial charge < -0.3 is 0 Å². The molecule has 0 fully saturated rings. The van der Waals surface area contributed by atoms with Crippen molar-refractivity contribution >= 4 is 10.8 Å². The fourth-order valence-electron chi connectivity index (χ4n) is 5.58. The van der Waals surface area contributed by atoms with E-state index in [9.17, 15) is 5.26 Å². The summed E-state index contributed by atoms with van der Waals surface area (Å²) in [6, 6.07) is 41.2. The standard InChI is InChI=1S/C38H26N4/c39-25-31-16-8-9-17-32(31)27-19-21-28(22-20-27)35-33-18-10-7-11-26(33)23-24-34(35)38-41-36(29-12-3-1-4-13-29)40-37(42-38)30-14-5-2-6-15-30/h1-14,16-24,30H,15H2. The number of hydrogen-bond acceptors (Lipinski definition) is 4. The number of fused-ring (bicyclic) bond motifs is 1. The lowest BCUT2D eigenvalue weighted by Crippen LogP contribution is -2.08. The van der Waals surface area contributed by atoms with Gasteiger partial charge >= 0.3 is 0 Å². The van der Waals surface area contributed by atoms with E-state index in [1.807, 2.05) is 54.6 Å². The van der Waals surface area contributed by atoms with Gasteiger partial charge in [-0.15, -0.1) is 0 Å². The summed E-state index contributed by atoms with van der Waals surface area (Å²) >= 11 is 0. The van der Waals surface area contributed by atoms with Crippen LogP contribution in [0.25, 0.3) is 55.8 Å². The van der Waals surface area contributed by atoms with Crippen molar-refractivity contribution in [3.63, 3.8) is 0 Å². The minimum atomic E-state index is 0.0857. The molecule has 5 aromatic carbocycles. The second-order valence-electron chi connectivity index (χ2n) is 10.3. The fourth-order valence-corrected chi connectivity index (χ4v) is 5.58. The molecule has 1 aliphatic rings. The summed E-state index contributed by atoms with van der Waals surface area (Å²) < 4.78 is 0. The van der Waals surface area contributed by atoms with E-state index in [4.69, 9.17) is 15.0 Å². The summed E-state index contributed by atoms with van der Waals surface area (Å²) in [4.78, 5) is 15.1. The number of benzene rings is 5. The van der Waals surface area contributed by atoms with E-state index in [0.29, 0.717) is 17.2 Å². The Hall–Kier alpha value is -5.66. The molecule has 198 valence electrons. The lowest BCUT2D eigenvalue weighted by atomic mass is 9.91.